The first-order valence-electron chi connectivity index (χ1n) is 4.18. The zero-order valence-electron chi connectivity index (χ0n) is 7.47. The summed E-state index contributed by atoms with van der Waals surface area (Å²) in [5.41, 5.74) is 1.98. The maximum atomic E-state index is 12.5. The van der Waals surface area contributed by atoms with Crippen LogP contribution >= 0.6 is 0 Å². The van der Waals surface area contributed by atoms with E-state index in [4.69, 9.17) is 10.5 Å². The molecule has 3 nitrogen and oxygen atoms in total. The van der Waals surface area contributed by atoms with Crippen LogP contribution in [0.2, 0.25) is 0 Å². The van der Waals surface area contributed by atoms with Gasteiger partial charge < -0.3 is 15.6 Å². The zero-order chi connectivity index (χ0) is 10.8. The van der Waals surface area contributed by atoms with Gasteiger partial charge in [0.1, 0.15) is 0 Å². The highest BCUT2D eigenvalue weighted by molar-refractivity contribution is 5.22. The Kier molecular flexibility index (Phi) is 3.18. The van der Waals surface area contributed by atoms with Gasteiger partial charge in [0.05, 0.1) is 13.2 Å². The van der Waals surface area contributed by atoms with E-state index in [-0.39, 0.29) is 25.2 Å². The largest absolute Gasteiger partial charge is 0.422 e. The van der Waals surface area contributed by atoms with E-state index in [9.17, 15) is 18.3 Å². The quantitative estimate of drug-likeness (QED) is 0.657. The van der Waals surface area contributed by atoms with Gasteiger partial charge in [0.25, 0.3) is 0 Å². The van der Waals surface area contributed by atoms with Crippen molar-refractivity contribution in [1.29, 1.82) is 0 Å². The molecule has 0 aromatic heterocycles. The molecular formula is C8H12F3NO2. The Hall–Kier alpha value is -0.590. The lowest BCUT2D eigenvalue weighted by Crippen LogP contribution is -2.53. The highest BCUT2D eigenvalue weighted by Gasteiger charge is 2.55. The topological polar surface area (TPSA) is 55.5 Å². The van der Waals surface area contributed by atoms with Crippen molar-refractivity contribution in [3.05, 3.63) is 11.6 Å². The number of rotatable bonds is 2. The minimum Gasteiger partial charge on any atom is -0.377 e. The van der Waals surface area contributed by atoms with Gasteiger partial charge in [0, 0.05) is 6.54 Å². The zero-order valence-corrected chi connectivity index (χ0v) is 7.47. The summed E-state index contributed by atoms with van der Waals surface area (Å²) < 4.78 is 42.3. The van der Waals surface area contributed by atoms with Gasteiger partial charge in [-0.05, 0) is 12.0 Å². The Bertz CT molecular complexity index is 239. The molecule has 0 saturated carbocycles. The van der Waals surface area contributed by atoms with Crippen molar-refractivity contribution in [2.24, 2.45) is 5.73 Å². The van der Waals surface area contributed by atoms with Crippen LogP contribution in [0.15, 0.2) is 11.6 Å². The molecule has 0 bridgehead atoms. The maximum Gasteiger partial charge on any atom is 0.422 e. The SMILES string of the molecule is NCC(O)(C1=CCOCC1)C(F)(F)F. The molecule has 82 valence electrons. The summed E-state index contributed by atoms with van der Waals surface area (Å²) >= 11 is 0. The molecule has 1 heterocycles. The van der Waals surface area contributed by atoms with Gasteiger partial charge >= 0.3 is 6.18 Å². The standard InChI is InChI=1S/C8H12F3NO2/c9-8(10,11)7(13,5-12)6-1-3-14-4-2-6/h1,13H,2-5,12H2. The molecule has 0 radical (unpaired) electrons. The van der Waals surface area contributed by atoms with E-state index in [2.05, 4.69) is 0 Å². The molecule has 0 spiro atoms. The number of ether oxygens (including phenoxy) is 1. The molecule has 1 rings (SSSR count). The molecule has 1 unspecified atom stereocenters. The molecule has 1 atom stereocenters. The average Bonchev–Trinajstić information content (AvgIpc) is 2.16. The van der Waals surface area contributed by atoms with Crippen molar-refractivity contribution >= 4 is 0 Å². The summed E-state index contributed by atoms with van der Waals surface area (Å²) in [7, 11) is 0. The summed E-state index contributed by atoms with van der Waals surface area (Å²) in [6, 6.07) is 0. The Balaban J connectivity index is 2.94. The first kappa shape index (κ1) is 11.5. The Labute approximate surface area is 79.3 Å². The lowest BCUT2D eigenvalue weighted by atomic mass is 9.89. The van der Waals surface area contributed by atoms with Gasteiger partial charge in [0.2, 0.25) is 0 Å². The fourth-order valence-corrected chi connectivity index (χ4v) is 1.33. The fraction of sp³-hybridized carbons (Fsp3) is 0.750. The van der Waals surface area contributed by atoms with E-state index in [0.29, 0.717) is 0 Å². The van der Waals surface area contributed by atoms with Gasteiger partial charge in [-0.15, -0.1) is 0 Å². The van der Waals surface area contributed by atoms with Crippen LogP contribution in [-0.4, -0.2) is 36.6 Å². The second-order valence-electron chi connectivity index (χ2n) is 3.12. The fourth-order valence-electron chi connectivity index (χ4n) is 1.33. The second-order valence-corrected chi connectivity index (χ2v) is 3.12. The molecule has 6 heteroatoms. The summed E-state index contributed by atoms with van der Waals surface area (Å²) in [5, 5.41) is 9.41. The van der Waals surface area contributed by atoms with Gasteiger partial charge in [0.15, 0.2) is 5.60 Å². The number of hydrogen-bond donors (Lipinski definition) is 2. The normalized spacial score (nSPS) is 22.8. The monoisotopic (exact) mass is 211 g/mol. The van der Waals surface area contributed by atoms with Crippen molar-refractivity contribution < 1.29 is 23.0 Å². The van der Waals surface area contributed by atoms with Crippen molar-refractivity contribution in [1.82, 2.24) is 0 Å². The predicted molar refractivity (Wildman–Crippen MR) is 43.6 cm³/mol. The Morgan fingerprint density at radius 2 is 2.14 bits per heavy atom. The van der Waals surface area contributed by atoms with Crippen LogP contribution in [0.1, 0.15) is 6.42 Å². The van der Waals surface area contributed by atoms with E-state index in [1.54, 1.807) is 0 Å². The van der Waals surface area contributed by atoms with Crippen molar-refractivity contribution in [2.45, 2.75) is 18.2 Å². The molecule has 0 aliphatic carbocycles. The van der Waals surface area contributed by atoms with Crippen LogP contribution < -0.4 is 5.73 Å². The van der Waals surface area contributed by atoms with Gasteiger partial charge in [-0.25, -0.2) is 0 Å². The molecule has 14 heavy (non-hydrogen) atoms. The van der Waals surface area contributed by atoms with E-state index >= 15 is 0 Å². The van der Waals surface area contributed by atoms with Crippen molar-refractivity contribution in [2.75, 3.05) is 19.8 Å². The second kappa shape index (κ2) is 3.88. The Morgan fingerprint density at radius 1 is 1.50 bits per heavy atom. The maximum absolute atomic E-state index is 12.5. The summed E-state index contributed by atoms with van der Waals surface area (Å²) in [4.78, 5) is 0. The minimum absolute atomic E-state index is 0.0627. The minimum atomic E-state index is -4.73. The van der Waals surface area contributed by atoms with Crippen LogP contribution in [-0.2, 0) is 4.74 Å². The number of alkyl halides is 3. The lowest BCUT2D eigenvalue weighted by molar-refractivity contribution is -0.241. The summed E-state index contributed by atoms with van der Waals surface area (Å²) in [5.74, 6) is 0. The number of nitrogens with two attached hydrogens (primary N) is 1. The summed E-state index contributed by atoms with van der Waals surface area (Å²) in [6.07, 6.45) is -3.43. The highest BCUT2D eigenvalue weighted by atomic mass is 19.4. The number of aliphatic hydroxyl groups is 1. The molecule has 3 N–H and O–H groups in total. The molecule has 0 aromatic carbocycles. The van der Waals surface area contributed by atoms with E-state index in [1.807, 2.05) is 0 Å². The third-order valence-electron chi connectivity index (χ3n) is 2.26. The van der Waals surface area contributed by atoms with Crippen molar-refractivity contribution in [3.63, 3.8) is 0 Å². The van der Waals surface area contributed by atoms with Gasteiger partial charge in [-0.3, -0.25) is 0 Å². The van der Waals surface area contributed by atoms with Gasteiger partial charge in [-0.1, -0.05) is 6.08 Å². The first-order chi connectivity index (χ1) is 6.42. The third kappa shape index (κ3) is 1.92. The number of halogens is 3. The van der Waals surface area contributed by atoms with Crippen LogP contribution in [0.5, 0.6) is 0 Å². The predicted octanol–water partition coefficient (Wildman–Crippen LogP) is 0.585. The lowest BCUT2D eigenvalue weighted by Gasteiger charge is -2.33. The van der Waals surface area contributed by atoms with Crippen LogP contribution in [0.25, 0.3) is 0 Å². The molecule has 0 aromatic rings. The van der Waals surface area contributed by atoms with E-state index in [1.165, 1.54) is 6.08 Å². The first-order valence-corrected chi connectivity index (χ1v) is 4.18. The molecule has 0 saturated heterocycles. The highest BCUT2D eigenvalue weighted by Crippen LogP contribution is 2.37. The van der Waals surface area contributed by atoms with E-state index in [0.717, 1.165) is 0 Å². The number of hydrogen-bond acceptors (Lipinski definition) is 3. The molecule has 1 aliphatic rings. The van der Waals surface area contributed by atoms with E-state index < -0.39 is 18.3 Å². The Morgan fingerprint density at radius 3 is 2.50 bits per heavy atom. The molecule has 1 aliphatic heterocycles. The molecular weight excluding hydrogens is 199 g/mol. The third-order valence-corrected chi connectivity index (χ3v) is 2.26. The smallest absolute Gasteiger partial charge is 0.377 e. The summed E-state index contributed by atoms with van der Waals surface area (Å²) in [6.45, 7) is -0.583. The average molecular weight is 211 g/mol. The van der Waals surface area contributed by atoms with Crippen LogP contribution in [0, 0.1) is 0 Å². The van der Waals surface area contributed by atoms with Crippen LogP contribution in [0.4, 0.5) is 13.2 Å². The molecule has 0 fully saturated rings. The molecule has 0 amide bonds. The van der Waals surface area contributed by atoms with Gasteiger partial charge in [-0.2, -0.15) is 13.2 Å². The van der Waals surface area contributed by atoms with Crippen LogP contribution in [0.3, 0.4) is 0 Å². The van der Waals surface area contributed by atoms with Crippen molar-refractivity contribution in [3.8, 4) is 0 Å².